The molecular weight excluding hydrogens is 1080 g/mol. The molecule has 1 aromatic carbocycles. The lowest BCUT2D eigenvalue weighted by Crippen LogP contribution is -2.21. The molecule has 0 aliphatic heterocycles. The van der Waals surface area contributed by atoms with E-state index in [-0.39, 0.29) is 25.1 Å². The number of benzene rings is 1. The summed E-state index contributed by atoms with van der Waals surface area (Å²) < 4.78 is 14.4. The van der Waals surface area contributed by atoms with Gasteiger partial charge in [-0.1, -0.05) is 302 Å². The van der Waals surface area contributed by atoms with Crippen LogP contribution in [0.25, 0.3) is 5.57 Å². The molecule has 508 valence electrons. The molecule has 0 aliphatic carbocycles. The molecule has 0 aromatic heterocycles. The van der Waals surface area contributed by atoms with E-state index in [4.69, 9.17) is 19.7 Å². The lowest BCUT2D eigenvalue weighted by molar-refractivity contribution is -0.141. The summed E-state index contributed by atoms with van der Waals surface area (Å²) in [5, 5.41) is 17.1. The summed E-state index contributed by atoms with van der Waals surface area (Å²) in [6, 6.07) is 7.00. The summed E-state index contributed by atoms with van der Waals surface area (Å²) in [4.78, 5) is 33.4. The minimum Gasteiger partial charge on any atom is -0.508 e. The van der Waals surface area contributed by atoms with E-state index in [1.54, 1.807) is 47.0 Å². The average Bonchev–Trinajstić information content (AvgIpc) is 3.50. The van der Waals surface area contributed by atoms with Crippen LogP contribution in [0.1, 0.15) is 318 Å². The molecule has 1 rings (SSSR count). The first-order chi connectivity index (χ1) is 41.9. The third-order valence-corrected chi connectivity index (χ3v) is 13.7. The van der Waals surface area contributed by atoms with Crippen LogP contribution in [0.15, 0.2) is 105 Å². The lowest BCUT2D eigenvalue weighted by atomic mass is 10.0. The summed E-state index contributed by atoms with van der Waals surface area (Å²) in [6.07, 6.45) is 62.4. The summed E-state index contributed by atoms with van der Waals surface area (Å²) in [6.45, 7) is 42.4. The number of esters is 2. The van der Waals surface area contributed by atoms with Gasteiger partial charge in [-0.05, 0) is 90.3 Å². The van der Waals surface area contributed by atoms with Gasteiger partial charge in [0.2, 0.25) is 5.91 Å². The molecular formula is C78H143NO8. The molecule has 0 spiro atoms. The number of phenolic OH excluding ortho intramolecular Hbond substituents is 1. The van der Waals surface area contributed by atoms with Crippen molar-refractivity contribution in [2.75, 3.05) is 47.1 Å². The number of unbranched alkanes of at least 4 members (excludes halogenated alkanes) is 36. The fourth-order valence-corrected chi connectivity index (χ4v) is 8.34. The fraction of sp³-hybridized carbons (Fsp3) is 0.705. The lowest BCUT2D eigenvalue weighted by Gasteiger charge is -2.07. The second-order valence-corrected chi connectivity index (χ2v) is 23.4. The Morgan fingerprint density at radius 2 is 0.678 bits per heavy atom. The van der Waals surface area contributed by atoms with Gasteiger partial charge in [-0.15, -0.1) is 19.7 Å². The highest BCUT2D eigenvalue weighted by Crippen LogP contribution is 2.17. The van der Waals surface area contributed by atoms with Gasteiger partial charge in [0, 0.05) is 37.4 Å². The van der Waals surface area contributed by atoms with Crippen molar-refractivity contribution >= 4 is 23.4 Å². The molecule has 0 heterocycles. The van der Waals surface area contributed by atoms with Crippen molar-refractivity contribution in [1.82, 2.24) is 4.90 Å². The van der Waals surface area contributed by atoms with E-state index in [0.29, 0.717) is 42.3 Å². The third-order valence-electron chi connectivity index (χ3n) is 13.7. The minimum atomic E-state index is -0.455. The van der Waals surface area contributed by atoms with Crippen LogP contribution in [0.2, 0.25) is 0 Å². The minimum absolute atomic E-state index is 0.00926. The van der Waals surface area contributed by atoms with Crippen molar-refractivity contribution in [3.63, 3.8) is 0 Å². The van der Waals surface area contributed by atoms with Crippen LogP contribution in [0.5, 0.6) is 5.75 Å². The quantitative estimate of drug-likeness (QED) is 0.0286. The summed E-state index contributed by atoms with van der Waals surface area (Å²) >= 11 is 0. The van der Waals surface area contributed by atoms with Crippen molar-refractivity contribution in [3.8, 4) is 5.75 Å². The van der Waals surface area contributed by atoms with Crippen LogP contribution >= 0.6 is 0 Å². The van der Waals surface area contributed by atoms with E-state index >= 15 is 0 Å². The second-order valence-electron chi connectivity index (χ2n) is 23.4. The number of allylic oxidation sites excluding steroid dienone is 4. The van der Waals surface area contributed by atoms with E-state index < -0.39 is 5.97 Å². The molecule has 0 fully saturated rings. The van der Waals surface area contributed by atoms with Gasteiger partial charge in [0.15, 0.2) is 0 Å². The first kappa shape index (κ1) is 93.7. The molecule has 0 aliphatic rings. The molecule has 1 aromatic rings. The summed E-state index contributed by atoms with van der Waals surface area (Å²) in [5.74, 6) is -0.519. The Morgan fingerprint density at radius 1 is 0.402 bits per heavy atom. The Balaban J connectivity index is -0.000000225. The number of hydrogen-bond acceptors (Lipinski definition) is 8. The third kappa shape index (κ3) is 90.4. The Labute approximate surface area is 540 Å². The predicted octanol–water partition coefficient (Wildman–Crippen LogP) is 23.5. The van der Waals surface area contributed by atoms with Gasteiger partial charge < -0.3 is 29.3 Å². The van der Waals surface area contributed by atoms with Gasteiger partial charge in [-0.3, -0.25) is 4.79 Å². The SMILES string of the molecule is C=C(C)C(=O)N(C)C.C=C(C)C(=O)OCCO.C=C(C)C(=O)OCCOCCC.C=C(C)c1ccc(O)cc1.C=CCCCCCCCCCC.C=CCCCCCCCCCCCCCC.C=CCCCCCCCCCCCCCCCCCC. The highest BCUT2D eigenvalue weighted by molar-refractivity contribution is 5.91. The van der Waals surface area contributed by atoms with Crippen molar-refractivity contribution < 1.29 is 38.8 Å². The van der Waals surface area contributed by atoms with E-state index in [1.165, 1.54) is 255 Å². The summed E-state index contributed by atoms with van der Waals surface area (Å²) in [7, 11) is 3.41. The van der Waals surface area contributed by atoms with Crippen LogP contribution in [0.3, 0.4) is 0 Å². The molecule has 2 N–H and O–H groups in total. The van der Waals surface area contributed by atoms with E-state index in [9.17, 15) is 14.4 Å². The second kappa shape index (κ2) is 81.5. The number of likely N-dealkylation sites (N-methyl/N-ethyl adjacent to an activating group) is 1. The largest absolute Gasteiger partial charge is 0.508 e. The highest BCUT2D eigenvalue weighted by atomic mass is 16.6. The van der Waals surface area contributed by atoms with Gasteiger partial charge in [-0.2, -0.15) is 0 Å². The smallest absolute Gasteiger partial charge is 0.333 e. The van der Waals surface area contributed by atoms with Crippen molar-refractivity contribution in [1.29, 1.82) is 0 Å². The zero-order chi connectivity index (χ0) is 66.7. The Morgan fingerprint density at radius 3 is 0.885 bits per heavy atom. The highest BCUT2D eigenvalue weighted by Gasteiger charge is 2.03. The number of phenols is 1. The van der Waals surface area contributed by atoms with Crippen LogP contribution in [-0.2, 0) is 28.6 Å². The molecule has 0 unspecified atom stereocenters. The Hall–Kier alpha value is -4.47. The van der Waals surface area contributed by atoms with Crippen LogP contribution in [0, 0.1) is 0 Å². The number of aliphatic hydroxyl groups excluding tert-OH is 1. The van der Waals surface area contributed by atoms with E-state index in [0.717, 1.165) is 17.6 Å². The number of carbonyl (C=O) groups is 3. The van der Waals surface area contributed by atoms with Crippen molar-refractivity contribution in [3.05, 3.63) is 111 Å². The Kier molecular flexibility index (Phi) is 87.8. The normalized spacial score (nSPS) is 9.87. The van der Waals surface area contributed by atoms with Gasteiger partial charge in [-0.25, -0.2) is 9.59 Å². The fourth-order valence-electron chi connectivity index (χ4n) is 8.34. The number of ether oxygens (including phenoxy) is 3. The predicted molar refractivity (Wildman–Crippen MR) is 384 cm³/mol. The number of rotatable bonds is 50. The van der Waals surface area contributed by atoms with Gasteiger partial charge in [0.05, 0.1) is 13.2 Å². The van der Waals surface area contributed by atoms with Gasteiger partial charge in [0.1, 0.15) is 19.0 Å². The standard InChI is InChI=1S/C20H40.C16H32.C12H24.C9H16O3.C9H10O.C6H11NO.C6H10O3/c1-3-5-7-9-11-13-15-17-19-20-18-16-14-12-10-8-6-4-2;1-3-5-7-9-11-13-15-16-14-12-10-8-6-4-2;1-3-5-7-9-11-12-10-8-6-4-2;1-4-5-11-6-7-12-9(10)8(2)3;1-7(2)8-3-5-9(10)6-4-8;1-5(2)6(8)7(3)4;1-5(2)6(8)9-4-3-7/h3H,1,4-20H2,2H3;3H,1,4-16H2,2H3;3H,1,4-12H2,2H3;2,4-7H2,1,3H3;3-6,10H,1H2,2H3;1H2,2-4H3;7H,1,3-4H2,2H3. The van der Waals surface area contributed by atoms with E-state index in [1.807, 2.05) is 44.2 Å². The molecule has 0 atom stereocenters. The Bertz CT molecular complexity index is 1700. The number of hydrogen-bond donors (Lipinski definition) is 2. The molecule has 9 heteroatoms. The molecule has 9 nitrogen and oxygen atoms in total. The van der Waals surface area contributed by atoms with E-state index in [2.05, 4.69) is 71.6 Å². The van der Waals surface area contributed by atoms with Crippen molar-refractivity contribution in [2.45, 2.75) is 312 Å². The zero-order valence-corrected chi connectivity index (χ0v) is 59.1. The maximum absolute atomic E-state index is 10.8. The molecule has 0 radical (unpaired) electrons. The topological polar surface area (TPSA) is 123 Å². The van der Waals surface area contributed by atoms with Gasteiger partial charge in [0.25, 0.3) is 0 Å². The first-order valence-electron chi connectivity index (χ1n) is 34.8. The molecule has 87 heavy (non-hydrogen) atoms. The van der Waals surface area contributed by atoms with Crippen LogP contribution in [0.4, 0.5) is 0 Å². The van der Waals surface area contributed by atoms with Gasteiger partial charge >= 0.3 is 11.9 Å². The number of aromatic hydroxyl groups is 1. The molecule has 0 saturated heterocycles. The van der Waals surface area contributed by atoms with Crippen LogP contribution < -0.4 is 0 Å². The van der Waals surface area contributed by atoms with Crippen LogP contribution in [-0.4, -0.2) is 80.1 Å². The summed E-state index contributed by atoms with van der Waals surface area (Å²) in [5.41, 5.74) is 3.43. The van der Waals surface area contributed by atoms with Crippen molar-refractivity contribution in [2.24, 2.45) is 0 Å². The first-order valence-corrected chi connectivity index (χ1v) is 34.8. The number of carbonyl (C=O) groups excluding carboxylic acids is 3. The molecule has 0 bridgehead atoms. The number of aliphatic hydroxyl groups is 1. The number of amides is 1. The number of nitrogens with zero attached hydrogens (tertiary/aromatic N) is 1. The molecule has 0 saturated carbocycles. The maximum atomic E-state index is 10.8. The molecule has 1 amide bonds. The maximum Gasteiger partial charge on any atom is 0.333 e. The zero-order valence-electron chi connectivity index (χ0n) is 59.1. The monoisotopic (exact) mass is 1220 g/mol. The average molecular weight is 1220 g/mol.